The maximum atomic E-state index is 9.71. The van der Waals surface area contributed by atoms with Crippen molar-refractivity contribution in [3.63, 3.8) is 0 Å². The highest BCUT2D eigenvalue weighted by atomic mass is 15.3. The summed E-state index contributed by atoms with van der Waals surface area (Å²) in [6.45, 7) is 6.59. The van der Waals surface area contributed by atoms with E-state index >= 15 is 0 Å². The first kappa shape index (κ1) is 19.1. The van der Waals surface area contributed by atoms with Crippen molar-refractivity contribution < 1.29 is 0 Å². The lowest BCUT2D eigenvalue weighted by atomic mass is 10.1. The lowest BCUT2D eigenvalue weighted by molar-refractivity contribution is 0.249. The first-order valence-corrected chi connectivity index (χ1v) is 10.4. The molecule has 1 aliphatic heterocycles. The number of nitriles is 2. The molecular weight excluding hydrogens is 384 g/mol. The van der Waals surface area contributed by atoms with E-state index in [1.54, 1.807) is 0 Å². The van der Waals surface area contributed by atoms with Crippen LogP contribution in [0.3, 0.4) is 0 Å². The molecule has 0 spiro atoms. The number of piperazine rings is 1. The first-order valence-electron chi connectivity index (χ1n) is 10.4. The number of hydrogen-bond acceptors (Lipinski definition) is 5. The van der Waals surface area contributed by atoms with Gasteiger partial charge in [0.05, 0.1) is 28.2 Å². The van der Waals surface area contributed by atoms with Crippen molar-refractivity contribution in [1.82, 2.24) is 14.3 Å². The van der Waals surface area contributed by atoms with Gasteiger partial charge in [0.15, 0.2) is 5.65 Å². The molecule has 6 nitrogen and oxygen atoms in total. The van der Waals surface area contributed by atoms with Crippen LogP contribution in [0.2, 0.25) is 0 Å². The van der Waals surface area contributed by atoms with Gasteiger partial charge < -0.3 is 4.90 Å². The van der Waals surface area contributed by atoms with Crippen LogP contribution in [0.15, 0.2) is 54.6 Å². The van der Waals surface area contributed by atoms with Gasteiger partial charge in [-0.2, -0.15) is 10.5 Å². The highest BCUT2D eigenvalue weighted by Crippen LogP contribution is 2.29. The van der Waals surface area contributed by atoms with Crippen molar-refractivity contribution in [2.75, 3.05) is 31.1 Å². The van der Waals surface area contributed by atoms with Crippen molar-refractivity contribution >= 4 is 22.5 Å². The van der Waals surface area contributed by atoms with Crippen molar-refractivity contribution in [3.05, 3.63) is 76.9 Å². The summed E-state index contributed by atoms with van der Waals surface area (Å²) >= 11 is 0. The number of benzene rings is 2. The zero-order chi connectivity index (χ0) is 21.4. The van der Waals surface area contributed by atoms with Crippen LogP contribution in [0.5, 0.6) is 0 Å². The zero-order valence-corrected chi connectivity index (χ0v) is 17.4. The second-order valence-corrected chi connectivity index (χ2v) is 8.00. The molecule has 5 rings (SSSR count). The fourth-order valence-corrected chi connectivity index (χ4v) is 4.38. The fraction of sp³-hybridized carbons (Fsp3) is 0.240. The number of pyridine rings is 1. The van der Waals surface area contributed by atoms with Gasteiger partial charge in [0.25, 0.3) is 0 Å². The quantitative estimate of drug-likeness (QED) is 0.517. The van der Waals surface area contributed by atoms with Crippen LogP contribution >= 0.6 is 0 Å². The topological polar surface area (TPSA) is 71.4 Å². The Morgan fingerprint density at radius 3 is 2.39 bits per heavy atom. The second kappa shape index (κ2) is 7.75. The van der Waals surface area contributed by atoms with Crippen LogP contribution in [-0.4, -0.2) is 40.5 Å². The van der Waals surface area contributed by atoms with Crippen LogP contribution < -0.4 is 4.90 Å². The third-order valence-electron chi connectivity index (χ3n) is 6.05. The number of aryl methyl sites for hydroxylation is 1. The molecular formula is C25H22N6. The summed E-state index contributed by atoms with van der Waals surface area (Å²) in [5, 5.41) is 18.7. The number of hydrogen-bond donors (Lipinski definition) is 0. The van der Waals surface area contributed by atoms with E-state index in [1.165, 1.54) is 5.56 Å². The van der Waals surface area contributed by atoms with Crippen LogP contribution in [0.1, 0.15) is 22.3 Å². The molecule has 0 aliphatic carbocycles. The van der Waals surface area contributed by atoms with E-state index in [4.69, 9.17) is 10.2 Å². The summed E-state index contributed by atoms with van der Waals surface area (Å²) in [6, 6.07) is 22.5. The van der Waals surface area contributed by atoms with Gasteiger partial charge in [-0.05, 0) is 48.4 Å². The molecule has 3 heterocycles. The lowest BCUT2D eigenvalue weighted by Gasteiger charge is -2.36. The summed E-state index contributed by atoms with van der Waals surface area (Å²) in [4.78, 5) is 9.60. The molecule has 1 saturated heterocycles. The van der Waals surface area contributed by atoms with Crippen LogP contribution in [0, 0.1) is 29.6 Å². The molecule has 0 unspecified atom stereocenters. The average Bonchev–Trinajstić information content (AvgIpc) is 3.19. The summed E-state index contributed by atoms with van der Waals surface area (Å²) in [7, 11) is 0. The molecule has 4 aromatic rings. The minimum Gasteiger partial charge on any atom is -0.355 e. The molecule has 1 aliphatic rings. The standard InChI is InChI=1S/C25H22N6/c1-18-14-24(31-23-5-3-2-4-22(23)28-25(31)21(18)16-27)30-12-10-29(11-13-30)17-20-8-6-19(15-26)7-9-20/h2-9,14H,10-13,17H2,1H3. The SMILES string of the molecule is Cc1cc(N2CCN(Cc3ccc(C#N)cc3)CC2)n2c(nc3ccccc32)c1C#N. The van der Waals surface area contributed by atoms with E-state index in [-0.39, 0.29) is 0 Å². The molecule has 6 heteroatoms. The molecule has 0 saturated carbocycles. The van der Waals surface area contributed by atoms with Gasteiger partial charge in [0.1, 0.15) is 11.9 Å². The molecule has 1 fully saturated rings. The van der Waals surface area contributed by atoms with E-state index in [1.807, 2.05) is 49.4 Å². The lowest BCUT2D eigenvalue weighted by Crippen LogP contribution is -2.46. The third kappa shape index (κ3) is 3.38. The van der Waals surface area contributed by atoms with Crippen LogP contribution in [-0.2, 0) is 6.54 Å². The average molecular weight is 406 g/mol. The van der Waals surface area contributed by atoms with Gasteiger partial charge in [-0.15, -0.1) is 0 Å². The van der Waals surface area contributed by atoms with E-state index in [9.17, 15) is 5.26 Å². The normalized spacial score (nSPS) is 14.6. The Bertz CT molecular complexity index is 1350. The zero-order valence-electron chi connectivity index (χ0n) is 17.4. The largest absolute Gasteiger partial charge is 0.355 e. The first-order chi connectivity index (χ1) is 15.2. The van der Waals surface area contributed by atoms with E-state index in [0.717, 1.165) is 60.8 Å². The predicted octanol–water partition coefficient (Wildman–Crippen LogP) is 3.86. The summed E-state index contributed by atoms with van der Waals surface area (Å²) < 4.78 is 2.14. The molecule has 31 heavy (non-hydrogen) atoms. The van der Waals surface area contributed by atoms with E-state index < -0.39 is 0 Å². The molecule has 0 bridgehead atoms. The predicted molar refractivity (Wildman–Crippen MR) is 121 cm³/mol. The Balaban J connectivity index is 1.43. The molecule has 0 amide bonds. The number of para-hydroxylation sites is 2. The molecule has 2 aromatic carbocycles. The molecule has 152 valence electrons. The summed E-state index contributed by atoms with van der Waals surface area (Å²) in [6.07, 6.45) is 0. The third-order valence-corrected chi connectivity index (χ3v) is 6.05. The monoisotopic (exact) mass is 406 g/mol. The Hall–Kier alpha value is -3.87. The number of nitrogens with zero attached hydrogens (tertiary/aromatic N) is 6. The van der Waals surface area contributed by atoms with Gasteiger partial charge in [-0.1, -0.05) is 24.3 Å². The highest BCUT2D eigenvalue weighted by Gasteiger charge is 2.22. The summed E-state index contributed by atoms with van der Waals surface area (Å²) in [5.41, 5.74) is 6.19. The van der Waals surface area contributed by atoms with Crippen LogP contribution in [0.4, 0.5) is 5.82 Å². The van der Waals surface area contributed by atoms with Gasteiger partial charge >= 0.3 is 0 Å². The Kier molecular flexibility index (Phi) is 4.78. The molecule has 0 N–H and O–H groups in total. The molecule has 0 atom stereocenters. The summed E-state index contributed by atoms with van der Waals surface area (Å²) in [5.74, 6) is 1.10. The number of imidazole rings is 1. The number of rotatable bonds is 3. The van der Waals surface area contributed by atoms with Gasteiger partial charge in [0.2, 0.25) is 0 Å². The van der Waals surface area contributed by atoms with Crippen LogP contribution in [0.25, 0.3) is 16.7 Å². The Morgan fingerprint density at radius 1 is 0.935 bits per heavy atom. The van der Waals surface area contributed by atoms with Gasteiger partial charge in [-0.3, -0.25) is 9.30 Å². The van der Waals surface area contributed by atoms with E-state index in [0.29, 0.717) is 11.1 Å². The minimum atomic E-state index is 0.638. The van der Waals surface area contributed by atoms with Crippen molar-refractivity contribution in [2.45, 2.75) is 13.5 Å². The van der Waals surface area contributed by atoms with Crippen molar-refractivity contribution in [1.29, 1.82) is 10.5 Å². The Morgan fingerprint density at radius 2 is 1.68 bits per heavy atom. The highest BCUT2D eigenvalue weighted by molar-refractivity contribution is 5.85. The maximum Gasteiger partial charge on any atom is 0.157 e. The Labute approximate surface area is 181 Å². The van der Waals surface area contributed by atoms with Gasteiger partial charge in [0, 0.05) is 32.7 Å². The van der Waals surface area contributed by atoms with Crippen molar-refractivity contribution in [2.24, 2.45) is 0 Å². The maximum absolute atomic E-state index is 9.71. The second-order valence-electron chi connectivity index (χ2n) is 8.00. The fourth-order valence-electron chi connectivity index (χ4n) is 4.38. The van der Waals surface area contributed by atoms with Crippen molar-refractivity contribution in [3.8, 4) is 12.1 Å². The number of aromatic nitrogens is 2. The van der Waals surface area contributed by atoms with E-state index in [2.05, 4.69) is 38.5 Å². The molecule has 0 radical (unpaired) electrons. The smallest absolute Gasteiger partial charge is 0.157 e. The number of fused-ring (bicyclic) bond motifs is 3. The van der Waals surface area contributed by atoms with Gasteiger partial charge in [-0.25, -0.2) is 4.98 Å². The minimum absolute atomic E-state index is 0.638. The number of anilines is 1. The molecule has 2 aromatic heterocycles.